The minimum atomic E-state index is -1.98. The number of hydrogen-bond acceptors (Lipinski definition) is 18. The van der Waals surface area contributed by atoms with Crippen LogP contribution in [0.2, 0.25) is 0 Å². The highest BCUT2D eigenvalue weighted by atomic mass is 16.8. The van der Waals surface area contributed by atoms with Crippen molar-refractivity contribution in [2.75, 3.05) is 26.4 Å². The van der Waals surface area contributed by atoms with Crippen LogP contribution < -0.4 is 5.32 Å². The van der Waals surface area contributed by atoms with E-state index in [2.05, 4.69) is 67.8 Å². The maximum Gasteiger partial charge on any atom is 0.220 e. The van der Waals surface area contributed by atoms with E-state index in [0.29, 0.717) is 6.42 Å². The molecule has 3 saturated heterocycles. The van der Waals surface area contributed by atoms with E-state index in [-0.39, 0.29) is 18.9 Å². The number of unbranched alkanes of at least 4 members (excludes halogenated alkanes) is 15. The summed E-state index contributed by atoms with van der Waals surface area (Å²) in [5.41, 5.74) is 0. The number of ether oxygens (including phenoxy) is 6. The fourth-order valence-electron chi connectivity index (χ4n) is 9.18. The van der Waals surface area contributed by atoms with Gasteiger partial charge in [0.25, 0.3) is 0 Å². The van der Waals surface area contributed by atoms with Gasteiger partial charge in [0.05, 0.1) is 38.6 Å². The number of nitrogens with one attached hydrogen (secondary N) is 1. The van der Waals surface area contributed by atoms with E-state index in [4.69, 9.17) is 28.4 Å². The first-order valence-corrected chi connectivity index (χ1v) is 28.0. The lowest BCUT2D eigenvalue weighted by Gasteiger charge is -2.48. The molecule has 17 unspecified atom stereocenters. The number of amides is 1. The van der Waals surface area contributed by atoms with Crippen LogP contribution in [0.15, 0.2) is 60.8 Å². The topological polar surface area (TPSA) is 307 Å². The molecule has 3 aliphatic heterocycles. The zero-order valence-electron chi connectivity index (χ0n) is 44.8. The predicted octanol–water partition coefficient (Wildman–Crippen LogP) is 3.70. The average molecular weight is 1070 g/mol. The van der Waals surface area contributed by atoms with Crippen molar-refractivity contribution < 1.29 is 89.4 Å². The van der Waals surface area contributed by atoms with Gasteiger partial charge < -0.3 is 89.9 Å². The number of hydrogen-bond donors (Lipinski definition) is 12. The molecule has 12 N–H and O–H groups in total. The zero-order valence-corrected chi connectivity index (χ0v) is 44.8. The smallest absolute Gasteiger partial charge is 0.220 e. The van der Waals surface area contributed by atoms with Gasteiger partial charge in [0, 0.05) is 6.42 Å². The summed E-state index contributed by atoms with van der Waals surface area (Å²) < 4.78 is 34.1. The molecule has 0 aliphatic carbocycles. The molecule has 0 aromatic rings. The normalized spacial score (nSPS) is 31.7. The number of rotatable bonds is 39. The molecular weight excluding hydrogens is 975 g/mol. The third-order valence-electron chi connectivity index (χ3n) is 13.8. The molecule has 434 valence electrons. The van der Waals surface area contributed by atoms with Gasteiger partial charge in [-0.15, -0.1) is 0 Å². The molecule has 3 fully saturated rings. The second kappa shape index (κ2) is 39.8. The largest absolute Gasteiger partial charge is 0.394 e. The Morgan fingerprint density at radius 3 is 1.44 bits per heavy atom. The maximum absolute atomic E-state index is 13.2. The standard InChI is InChI=1S/C56H97NO18/c1-3-5-7-9-11-12-13-14-15-16-17-18-19-20-21-22-23-24-25-26-28-30-32-34-44(62)57-39(40(61)33-31-29-27-10-8-6-4-2)38-70-54-50(68)47(65)52(42(36-59)72-54)75-56-51(69)48(66)53(43(37-60)73-56)74-55-49(67)46(64)45(63)41(35-58)71-55/h5,7,11-12,14-15,17-18,31,33,39-43,45-56,58-61,63-69H,3-4,6,8-10,13,16,19-30,32,34-38H2,1-2H3,(H,57,62)/b7-5-,12-11-,15-14-,18-17-,33-31+. The molecule has 0 saturated carbocycles. The Hall–Kier alpha value is -2.51. The van der Waals surface area contributed by atoms with Crippen molar-refractivity contribution in [1.29, 1.82) is 0 Å². The summed E-state index contributed by atoms with van der Waals surface area (Å²) >= 11 is 0. The van der Waals surface area contributed by atoms with Crippen molar-refractivity contribution >= 4 is 5.91 Å². The van der Waals surface area contributed by atoms with Crippen molar-refractivity contribution in [3.05, 3.63) is 60.8 Å². The fourth-order valence-corrected chi connectivity index (χ4v) is 9.18. The Balaban J connectivity index is 1.44. The lowest BCUT2D eigenvalue weighted by atomic mass is 9.96. The van der Waals surface area contributed by atoms with Crippen molar-refractivity contribution in [2.24, 2.45) is 0 Å². The lowest BCUT2D eigenvalue weighted by molar-refractivity contribution is -0.379. The van der Waals surface area contributed by atoms with E-state index in [1.165, 1.54) is 32.1 Å². The van der Waals surface area contributed by atoms with Gasteiger partial charge in [0.1, 0.15) is 73.2 Å². The van der Waals surface area contributed by atoms with E-state index < -0.39 is 124 Å². The molecule has 19 heteroatoms. The molecule has 0 aromatic carbocycles. The Morgan fingerprint density at radius 2 is 0.920 bits per heavy atom. The molecule has 0 spiro atoms. The second-order valence-corrected chi connectivity index (χ2v) is 20.0. The highest BCUT2D eigenvalue weighted by Crippen LogP contribution is 2.33. The van der Waals surface area contributed by atoms with Gasteiger partial charge in [0.2, 0.25) is 5.91 Å². The minimum absolute atomic E-state index is 0.234. The first kappa shape index (κ1) is 66.8. The van der Waals surface area contributed by atoms with Crippen LogP contribution in [0, 0.1) is 0 Å². The van der Waals surface area contributed by atoms with Gasteiger partial charge in [-0.3, -0.25) is 4.79 Å². The summed E-state index contributed by atoms with van der Waals surface area (Å²) in [6, 6.07) is -0.974. The Kier molecular flexibility index (Phi) is 35.4. The molecule has 0 radical (unpaired) electrons. The van der Waals surface area contributed by atoms with Gasteiger partial charge in [0.15, 0.2) is 18.9 Å². The lowest BCUT2D eigenvalue weighted by Crippen LogP contribution is -2.66. The summed E-state index contributed by atoms with van der Waals surface area (Å²) in [5, 5.41) is 120. The van der Waals surface area contributed by atoms with Crippen molar-refractivity contribution in [3.8, 4) is 0 Å². The minimum Gasteiger partial charge on any atom is -0.394 e. The van der Waals surface area contributed by atoms with Crippen molar-refractivity contribution in [1.82, 2.24) is 5.32 Å². The fraction of sp³-hybridized carbons (Fsp3) is 0.804. The quantitative estimate of drug-likeness (QED) is 0.0309. The molecular formula is C56H97NO18. The molecule has 3 aliphatic rings. The third kappa shape index (κ3) is 24.6. The summed E-state index contributed by atoms with van der Waals surface area (Å²) in [5.74, 6) is -0.289. The van der Waals surface area contributed by atoms with Gasteiger partial charge in [-0.25, -0.2) is 0 Å². The summed E-state index contributed by atoms with van der Waals surface area (Å²) in [7, 11) is 0. The van der Waals surface area contributed by atoms with Gasteiger partial charge in [-0.05, 0) is 57.8 Å². The monoisotopic (exact) mass is 1070 g/mol. The van der Waals surface area contributed by atoms with Crippen LogP contribution in [-0.4, -0.2) is 193 Å². The molecule has 19 nitrogen and oxygen atoms in total. The van der Waals surface area contributed by atoms with Gasteiger partial charge in [-0.2, -0.15) is 0 Å². The zero-order chi connectivity index (χ0) is 54.8. The van der Waals surface area contributed by atoms with Crippen LogP contribution in [0.3, 0.4) is 0 Å². The first-order chi connectivity index (χ1) is 36.3. The van der Waals surface area contributed by atoms with Crippen molar-refractivity contribution in [3.63, 3.8) is 0 Å². The van der Waals surface area contributed by atoms with Crippen molar-refractivity contribution in [2.45, 2.75) is 259 Å². The van der Waals surface area contributed by atoms with Crippen LogP contribution in [0.4, 0.5) is 0 Å². The van der Waals surface area contributed by atoms with Crippen LogP contribution in [0.1, 0.15) is 155 Å². The highest BCUT2D eigenvalue weighted by molar-refractivity contribution is 5.76. The third-order valence-corrected chi connectivity index (χ3v) is 13.8. The summed E-state index contributed by atoms with van der Waals surface area (Å²) in [4.78, 5) is 13.2. The Bertz CT molecular complexity index is 1610. The average Bonchev–Trinajstić information content (AvgIpc) is 3.41. The van der Waals surface area contributed by atoms with Crippen LogP contribution in [0.25, 0.3) is 0 Å². The number of carbonyl (C=O) groups is 1. The molecule has 17 atom stereocenters. The van der Waals surface area contributed by atoms with Crippen LogP contribution in [-0.2, 0) is 33.2 Å². The molecule has 3 heterocycles. The molecule has 0 aromatic heterocycles. The second-order valence-electron chi connectivity index (χ2n) is 20.0. The summed E-state index contributed by atoms with van der Waals surface area (Å²) in [6.07, 6.45) is 16.8. The molecule has 3 rings (SSSR count). The van der Waals surface area contributed by atoms with Crippen LogP contribution >= 0.6 is 0 Å². The van der Waals surface area contributed by atoms with Crippen LogP contribution in [0.5, 0.6) is 0 Å². The molecule has 75 heavy (non-hydrogen) atoms. The van der Waals surface area contributed by atoms with Gasteiger partial charge in [-0.1, -0.05) is 152 Å². The predicted molar refractivity (Wildman–Crippen MR) is 282 cm³/mol. The number of aliphatic hydroxyl groups excluding tert-OH is 11. The Labute approximate surface area is 445 Å². The molecule has 1 amide bonds. The highest BCUT2D eigenvalue weighted by Gasteiger charge is 2.53. The Morgan fingerprint density at radius 1 is 0.493 bits per heavy atom. The number of carbonyl (C=O) groups excluding carboxylic acids is 1. The maximum atomic E-state index is 13.2. The number of allylic oxidation sites excluding steroid dienone is 9. The first-order valence-electron chi connectivity index (χ1n) is 28.0. The number of aliphatic hydroxyl groups is 11. The van der Waals surface area contributed by atoms with E-state index >= 15 is 0 Å². The SMILES string of the molecule is CC/C=C\C/C=C\C/C=C\C/C=C\CCCCCCCCCCCCC(=O)NC(COC1OC(CO)C(OC2OC(CO)C(OC3OC(CO)C(O)C(O)C3O)C(O)C2O)C(O)C1O)C(O)/C=C/CCCCCCC. The van der Waals surface area contributed by atoms with E-state index in [1.54, 1.807) is 6.08 Å². The van der Waals surface area contributed by atoms with E-state index in [0.717, 1.165) is 96.3 Å². The van der Waals surface area contributed by atoms with E-state index in [1.807, 2.05) is 6.08 Å². The molecule has 0 bridgehead atoms. The summed E-state index contributed by atoms with van der Waals surface area (Å²) in [6.45, 7) is 1.50. The van der Waals surface area contributed by atoms with E-state index in [9.17, 15) is 61.0 Å². The van der Waals surface area contributed by atoms with Gasteiger partial charge >= 0.3 is 0 Å².